The second kappa shape index (κ2) is 4.07. The second-order valence-corrected chi connectivity index (χ2v) is 5.45. The molecule has 0 saturated heterocycles. The van der Waals surface area contributed by atoms with Crippen LogP contribution in [-0.2, 0) is 7.05 Å². The van der Waals surface area contributed by atoms with E-state index >= 15 is 0 Å². The molecule has 100 valence electrons. The lowest BCUT2D eigenvalue weighted by Crippen LogP contribution is -2.00. The quantitative estimate of drug-likeness (QED) is 0.773. The summed E-state index contributed by atoms with van der Waals surface area (Å²) >= 11 is 0. The molecular formula is C16H16N4. The maximum atomic E-state index is 6.26. The third-order valence-electron chi connectivity index (χ3n) is 4.04. The van der Waals surface area contributed by atoms with Crippen molar-refractivity contribution in [1.82, 2.24) is 14.5 Å². The van der Waals surface area contributed by atoms with Crippen LogP contribution in [0.4, 0.5) is 5.82 Å². The number of nitrogens with zero attached hydrogens (tertiary/aromatic N) is 3. The smallest absolute Gasteiger partial charge is 0.131 e. The van der Waals surface area contributed by atoms with Gasteiger partial charge in [0.15, 0.2) is 0 Å². The minimum absolute atomic E-state index is 0.582. The molecule has 0 aliphatic heterocycles. The molecule has 4 rings (SSSR count). The van der Waals surface area contributed by atoms with Gasteiger partial charge < -0.3 is 10.3 Å². The zero-order valence-corrected chi connectivity index (χ0v) is 11.4. The van der Waals surface area contributed by atoms with Gasteiger partial charge in [-0.2, -0.15) is 0 Å². The minimum Gasteiger partial charge on any atom is -0.383 e. The van der Waals surface area contributed by atoms with Crippen molar-refractivity contribution in [2.24, 2.45) is 7.05 Å². The molecule has 20 heavy (non-hydrogen) atoms. The van der Waals surface area contributed by atoms with Crippen molar-refractivity contribution in [1.29, 1.82) is 0 Å². The van der Waals surface area contributed by atoms with E-state index in [1.165, 1.54) is 12.8 Å². The van der Waals surface area contributed by atoms with Crippen LogP contribution >= 0.6 is 0 Å². The van der Waals surface area contributed by atoms with Crippen LogP contribution in [0.1, 0.15) is 24.6 Å². The highest BCUT2D eigenvalue weighted by Gasteiger charge is 2.30. The van der Waals surface area contributed by atoms with E-state index in [-0.39, 0.29) is 0 Å². The van der Waals surface area contributed by atoms with Gasteiger partial charge in [0.05, 0.1) is 0 Å². The summed E-state index contributed by atoms with van der Waals surface area (Å²) in [4.78, 5) is 9.11. The zero-order chi connectivity index (χ0) is 13.7. The molecule has 1 aliphatic carbocycles. The number of aromatic nitrogens is 3. The van der Waals surface area contributed by atoms with Gasteiger partial charge in [0.25, 0.3) is 0 Å². The van der Waals surface area contributed by atoms with Crippen molar-refractivity contribution in [2.45, 2.75) is 18.8 Å². The summed E-state index contributed by atoms with van der Waals surface area (Å²) in [6, 6.07) is 8.21. The minimum atomic E-state index is 0.582. The fraction of sp³-hybridized carbons (Fsp3) is 0.250. The summed E-state index contributed by atoms with van der Waals surface area (Å²) in [6.07, 6.45) is 6.17. The second-order valence-electron chi connectivity index (χ2n) is 5.45. The molecule has 0 bridgehead atoms. The van der Waals surface area contributed by atoms with Crippen molar-refractivity contribution >= 4 is 16.6 Å². The number of benzene rings is 1. The lowest BCUT2D eigenvalue weighted by atomic mass is 10.1. The molecular weight excluding hydrogens is 248 g/mol. The normalized spacial score (nSPS) is 14.8. The van der Waals surface area contributed by atoms with Gasteiger partial charge in [-0.05, 0) is 18.2 Å². The monoisotopic (exact) mass is 264 g/mol. The molecule has 3 aromatic rings. The molecule has 2 N–H and O–H groups in total. The van der Waals surface area contributed by atoms with Gasteiger partial charge in [-0.25, -0.2) is 4.98 Å². The Labute approximate surface area is 117 Å². The van der Waals surface area contributed by atoms with Crippen LogP contribution in [0.25, 0.3) is 22.0 Å². The Bertz CT molecular complexity index is 794. The fourth-order valence-corrected chi connectivity index (χ4v) is 2.74. The average Bonchev–Trinajstić information content (AvgIpc) is 3.27. The Morgan fingerprint density at radius 3 is 2.80 bits per heavy atom. The molecule has 0 radical (unpaired) electrons. The van der Waals surface area contributed by atoms with Gasteiger partial charge in [-0.15, -0.1) is 0 Å². The van der Waals surface area contributed by atoms with E-state index in [1.54, 1.807) is 0 Å². The molecule has 0 spiro atoms. The van der Waals surface area contributed by atoms with E-state index in [0.717, 1.165) is 33.7 Å². The Hall–Kier alpha value is -2.36. The topological polar surface area (TPSA) is 56.7 Å². The van der Waals surface area contributed by atoms with Gasteiger partial charge in [0.2, 0.25) is 0 Å². The van der Waals surface area contributed by atoms with Crippen LogP contribution in [0.15, 0.2) is 36.7 Å². The maximum absolute atomic E-state index is 6.26. The zero-order valence-electron chi connectivity index (χ0n) is 11.4. The first-order valence-corrected chi connectivity index (χ1v) is 6.91. The molecule has 2 aromatic heterocycles. The van der Waals surface area contributed by atoms with Crippen molar-refractivity contribution in [3.8, 4) is 11.3 Å². The van der Waals surface area contributed by atoms with Crippen molar-refractivity contribution in [3.63, 3.8) is 0 Å². The van der Waals surface area contributed by atoms with Gasteiger partial charge in [0, 0.05) is 36.3 Å². The van der Waals surface area contributed by atoms with E-state index in [4.69, 9.17) is 10.7 Å². The number of hydrogen-bond donors (Lipinski definition) is 1. The van der Waals surface area contributed by atoms with Crippen LogP contribution in [0.5, 0.6) is 0 Å². The molecule has 1 aliphatic rings. The predicted molar refractivity (Wildman–Crippen MR) is 80.3 cm³/mol. The van der Waals surface area contributed by atoms with Gasteiger partial charge in [0.1, 0.15) is 17.3 Å². The van der Waals surface area contributed by atoms with Gasteiger partial charge in [-0.3, -0.25) is 4.98 Å². The van der Waals surface area contributed by atoms with E-state index in [1.807, 2.05) is 36.1 Å². The van der Waals surface area contributed by atoms with Gasteiger partial charge in [-0.1, -0.05) is 24.3 Å². The summed E-state index contributed by atoms with van der Waals surface area (Å²) in [5.74, 6) is 2.41. The highest BCUT2D eigenvalue weighted by Crippen LogP contribution is 2.42. The number of imidazole rings is 1. The van der Waals surface area contributed by atoms with Crippen molar-refractivity contribution in [2.75, 3.05) is 5.73 Å². The summed E-state index contributed by atoms with van der Waals surface area (Å²) in [7, 11) is 2.00. The van der Waals surface area contributed by atoms with Crippen LogP contribution < -0.4 is 5.73 Å². The molecule has 4 heteroatoms. The van der Waals surface area contributed by atoms with E-state index in [0.29, 0.717) is 5.92 Å². The maximum Gasteiger partial charge on any atom is 0.131 e. The predicted octanol–water partition coefficient (Wildman–Crippen LogP) is 3.09. The molecule has 2 heterocycles. The van der Waals surface area contributed by atoms with E-state index < -0.39 is 0 Å². The number of rotatable bonds is 2. The number of anilines is 1. The summed E-state index contributed by atoms with van der Waals surface area (Å²) in [5, 5.41) is 2.26. The molecule has 1 aromatic carbocycles. The lowest BCUT2D eigenvalue weighted by Gasteiger charge is -2.04. The first kappa shape index (κ1) is 11.5. The number of nitrogen functional groups attached to an aromatic ring is 1. The lowest BCUT2D eigenvalue weighted by molar-refractivity contribution is 0.807. The van der Waals surface area contributed by atoms with Crippen LogP contribution in [0, 0.1) is 0 Å². The van der Waals surface area contributed by atoms with Crippen molar-refractivity contribution in [3.05, 3.63) is 42.5 Å². The Kier molecular flexibility index (Phi) is 2.33. The number of hydrogen-bond acceptors (Lipinski definition) is 3. The number of fused-ring (bicyclic) bond motifs is 1. The first-order valence-electron chi connectivity index (χ1n) is 6.91. The molecule has 0 unspecified atom stereocenters. The highest BCUT2D eigenvalue weighted by atomic mass is 15.1. The Morgan fingerprint density at radius 2 is 2.00 bits per heavy atom. The standard InChI is InChI=1S/C16H16N4/c1-20-15(17)14(19-16(20)10-6-7-10)13-9-18-8-11-4-2-3-5-12(11)13/h2-5,8-10H,6-7,17H2,1H3. The van der Waals surface area contributed by atoms with Gasteiger partial charge >= 0.3 is 0 Å². The Morgan fingerprint density at radius 1 is 1.20 bits per heavy atom. The van der Waals surface area contributed by atoms with E-state index in [2.05, 4.69) is 17.1 Å². The fourth-order valence-electron chi connectivity index (χ4n) is 2.74. The SMILES string of the molecule is Cn1c(C2CC2)nc(-c2cncc3ccccc23)c1N. The number of nitrogens with two attached hydrogens (primary N) is 1. The first-order chi connectivity index (χ1) is 9.75. The summed E-state index contributed by atoms with van der Waals surface area (Å²) in [5.41, 5.74) is 8.14. The van der Waals surface area contributed by atoms with Crippen molar-refractivity contribution < 1.29 is 0 Å². The molecule has 0 amide bonds. The van der Waals surface area contributed by atoms with Crippen LogP contribution in [0.2, 0.25) is 0 Å². The summed E-state index contributed by atoms with van der Waals surface area (Å²) in [6.45, 7) is 0. The molecule has 1 fully saturated rings. The van der Waals surface area contributed by atoms with Crippen LogP contribution in [0.3, 0.4) is 0 Å². The third-order valence-corrected chi connectivity index (χ3v) is 4.04. The molecule has 4 nitrogen and oxygen atoms in total. The number of pyridine rings is 1. The highest BCUT2D eigenvalue weighted by molar-refractivity contribution is 5.96. The average molecular weight is 264 g/mol. The summed E-state index contributed by atoms with van der Waals surface area (Å²) < 4.78 is 2.02. The molecule has 0 atom stereocenters. The molecule has 1 saturated carbocycles. The largest absolute Gasteiger partial charge is 0.383 e. The third kappa shape index (κ3) is 1.61. The Balaban J connectivity index is 1.97. The van der Waals surface area contributed by atoms with E-state index in [9.17, 15) is 0 Å². The van der Waals surface area contributed by atoms with Crippen LogP contribution in [-0.4, -0.2) is 14.5 Å².